The first-order valence-corrected chi connectivity index (χ1v) is 11.7. The third-order valence-electron chi connectivity index (χ3n) is 5.52. The lowest BCUT2D eigenvalue weighted by Gasteiger charge is -2.21. The van der Waals surface area contributed by atoms with Gasteiger partial charge in [0.2, 0.25) is 0 Å². The van der Waals surface area contributed by atoms with Gasteiger partial charge in [-0.3, -0.25) is 0 Å². The van der Waals surface area contributed by atoms with E-state index in [2.05, 4.69) is 10.1 Å². The molecular weight excluding hydrogens is 460 g/mol. The van der Waals surface area contributed by atoms with Crippen LogP contribution in [0.5, 0.6) is 17.2 Å². The number of ether oxygens (including phenoxy) is 3. The number of nitrogens with zero attached hydrogens (tertiary/aromatic N) is 2. The summed E-state index contributed by atoms with van der Waals surface area (Å²) in [6, 6.07) is 21.7. The monoisotopic (exact) mass is 494 g/mol. The molecule has 1 atom stereocenters. The molecule has 36 heavy (non-hydrogen) atoms. The number of hydrogen-bond acceptors (Lipinski definition) is 8. The lowest BCUT2D eigenvalue weighted by atomic mass is 10.2. The number of benzene rings is 3. The van der Waals surface area contributed by atoms with Crippen molar-refractivity contribution in [3.8, 4) is 17.2 Å². The molecule has 0 radical (unpaired) electrons. The molecule has 0 aliphatic rings. The van der Waals surface area contributed by atoms with Gasteiger partial charge in [-0.25, -0.2) is 4.79 Å². The SMILES string of the molecule is [2H]OC(=O)[C@@H](CC)Oc1cccc(CN(CCCOc2ccc(OC([2H])([2H])[2H])cc2)c2nc3ccccc3o2)c1. The molecule has 0 aliphatic heterocycles. The molecule has 4 rings (SSSR count). The van der Waals surface area contributed by atoms with Gasteiger partial charge in [-0.2, -0.15) is 4.98 Å². The minimum atomic E-state index is -2.51. The van der Waals surface area contributed by atoms with Crippen molar-refractivity contribution in [1.29, 1.82) is 1.43 Å². The van der Waals surface area contributed by atoms with Crippen molar-refractivity contribution >= 4 is 23.1 Å². The number of aliphatic carboxylic acids is 1. The highest BCUT2D eigenvalue weighted by molar-refractivity contribution is 5.74. The van der Waals surface area contributed by atoms with Crippen LogP contribution in [-0.2, 0) is 11.3 Å². The van der Waals surface area contributed by atoms with Gasteiger partial charge in [0.05, 0.1) is 17.8 Å². The number of rotatable bonds is 13. The van der Waals surface area contributed by atoms with E-state index in [0.717, 1.165) is 11.1 Å². The molecule has 1 N–H and O–H groups in total. The van der Waals surface area contributed by atoms with E-state index in [1.165, 1.54) is 0 Å². The predicted molar refractivity (Wildman–Crippen MR) is 137 cm³/mol. The second kappa shape index (κ2) is 12.0. The van der Waals surface area contributed by atoms with Crippen LogP contribution in [0.25, 0.3) is 12.5 Å². The highest BCUT2D eigenvalue weighted by Crippen LogP contribution is 2.25. The van der Waals surface area contributed by atoms with Crippen LogP contribution in [0, 0.1) is 0 Å². The smallest absolute Gasteiger partial charge is 0.344 e. The highest BCUT2D eigenvalue weighted by Gasteiger charge is 2.18. The molecule has 0 amide bonds. The van der Waals surface area contributed by atoms with Crippen molar-refractivity contribution in [2.75, 3.05) is 25.1 Å². The van der Waals surface area contributed by atoms with Crippen LogP contribution in [0.4, 0.5) is 6.01 Å². The van der Waals surface area contributed by atoms with E-state index in [1.807, 2.05) is 47.4 Å². The van der Waals surface area contributed by atoms with Gasteiger partial charge in [-0.05, 0) is 66.9 Å². The summed E-state index contributed by atoms with van der Waals surface area (Å²) in [5, 5.41) is 4.09. The summed E-state index contributed by atoms with van der Waals surface area (Å²) in [6.07, 6.45) is 0.133. The van der Waals surface area contributed by atoms with Crippen molar-refractivity contribution < 1.29 is 32.6 Å². The Morgan fingerprint density at radius 2 is 1.94 bits per heavy atom. The van der Waals surface area contributed by atoms with Crippen LogP contribution in [0.15, 0.2) is 77.2 Å². The van der Waals surface area contributed by atoms with Gasteiger partial charge in [0.1, 0.15) is 22.8 Å². The van der Waals surface area contributed by atoms with Crippen LogP contribution >= 0.6 is 0 Å². The van der Waals surface area contributed by atoms with Gasteiger partial charge in [0, 0.05) is 13.1 Å². The first-order valence-electron chi connectivity index (χ1n) is 13.6. The average Bonchev–Trinajstić information content (AvgIpc) is 3.37. The van der Waals surface area contributed by atoms with Crippen LogP contribution in [-0.4, -0.2) is 42.4 Å². The maximum atomic E-state index is 11.8. The number of fused-ring (bicyclic) bond motifs is 1. The Morgan fingerprint density at radius 3 is 2.72 bits per heavy atom. The lowest BCUT2D eigenvalue weighted by molar-refractivity contribution is -0.145. The number of hydrogen-bond donors (Lipinski definition) is 1. The van der Waals surface area contributed by atoms with E-state index in [9.17, 15) is 4.79 Å². The van der Waals surface area contributed by atoms with Crippen LogP contribution in [0.3, 0.4) is 0 Å². The number of anilines is 1. The molecule has 1 aromatic heterocycles. The first-order chi connectivity index (χ1) is 19.2. The number of oxazole rings is 1. The van der Waals surface area contributed by atoms with Gasteiger partial charge in [-0.15, -0.1) is 0 Å². The molecule has 0 unspecified atom stereocenters. The number of para-hydroxylation sites is 2. The minimum absolute atomic E-state index is 0.238. The molecule has 0 fully saturated rings. The molecule has 188 valence electrons. The number of carboxylic acids is 1. The maximum Gasteiger partial charge on any atom is 0.344 e. The van der Waals surface area contributed by atoms with Crippen molar-refractivity contribution in [2.45, 2.75) is 32.4 Å². The summed E-state index contributed by atoms with van der Waals surface area (Å²) in [5.74, 6) is 0.567. The largest absolute Gasteiger partial charge is 0.497 e. The Labute approximate surface area is 215 Å². The maximum absolute atomic E-state index is 11.8. The van der Waals surface area contributed by atoms with Crippen molar-refractivity contribution in [3.63, 3.8) is 0 Å². The van der Waals surface area contributed by atoms with E-state index in [0.29, 0.717) is 55.6 Å². The summed E-state index contributed by atoms with van der Waals surface area (Å²) in [6.45, 7) is 3.18. The van der Waals surface area contributed by atoms with E-state index >= 15 is 0 Å². The second-order valence-electron chi connectivity index (χ2n) is 8.14. The highest BCUT2D eigenvalue weighted by atomic mass is 16.5. The average molecular weight is 495 g/mol. The second-order valence-corrected chi connectivity index (χ2v) is 8.14. The Hall–Kier alpha value is -4.20. The molecule has 0 aliphatic carbocycles. The number of carbonyl (C=O) groups is 1. The van der Waals surface area contributed by atoms with Crippen molar-refractivity contribution in [1.82, 2.24) is 4.98 Å². The summed E-state index contributed by atoms with van der Waals surface area (Å²) >= 11 is 0. The fraction of sp³-hybridized carbons (Fsp3) is 0.286. The van der Waals surface area contributed by atoms with E-state index in [-0.39, 0.29) is 5.75 Å². The Bertz CT molecular complexity index is 1360. The van der Waals surface area contributed by atoms with Gasteiger partial charge in [0.15, 0.2) is 11.7 Å². The van der Waals surface area contributed by atoms with E-state index in [1.54, 1.807) is 37.3 Å². The fourth-order valence-electron chi connectivity index (χ4n) is 3.69. The molecule has 3 aromatic carbocycles. The van der Waals surface area contributed by atoms with Gasteiger partial charge >= 0.3 is 5.97 Å². The quantitative estimate of drug-likeness (QED) is 0.242. The topological polar surface area (TPSA) is 94.3 Å². The third kappa shape index (κ3) is 6.47. The number of methoxy groups -OCH3 is 1. The first kappa shape index (κ1) is 20.0. The molecular formula is C28H30N2O6. The molecule has 1 heterocycles. The van der Waals surface area contributed by atoms with E-state index < -0.39 is 19.1 Å². The normalized spacial score (nSPS) is 13.6. The Morgan fingerprint density at radius 1 is 1.11 bits per heavy atom. The van der Waals surface area contributed by atoms with Gasteiger partial charge in [-0.1, -0.05) is 31.2 Å². The molecule has 8 heteroatoms. The molecule has 0 bridgehead atoms. The van der Waals surface area contributed by atoms with Gasteiger partial charge < -0.3 is 28.6 Å². The summed E-state index contributed by atoms with van der Waals surface area (Å²) in [5.41, 5.74) is 2.32. The zero-order valence-electron chi connectivity index (χ0n) is 23.9. The molecule has 0 spiro atoms. The Kier molecular flexibility index (Phi) is 6.66. The van der Waals surface area contributed by atoms with Crippen molar-refractivity contribution in [3.05, 3.63) is 78.4 Å². The molecule has 8 nitrogen and oxygen atoms in total. The zero-order valence-corrected chi connectivity index (χ0v) is 19.9. The molecule has 4 aromatic rings. The van der Waals surface area contributed by atoms with Crippen LogP contribution in [0.1, 0.15) is 29.4 Å². The summed E-state index contributed by atoms with van der Waals surface area (Å²) in [7, 11) is -2.51. The number of carboxylic acid groups (broad SMARTS) is 1. The zero-order chi connectivity index (χ0) is 28.5. The van der Waals surface area contributed by atoms with Crippen LogP contribution in [0.2, 0.25) is 0 Å². The summed E-state index contributed by atoms with van der Waals surface area (Å²) < 4.78 is 51.0. The van der Waals surface area contributed by atoms with Crippen LogP contribution < -0.4 is 19.1 Å². The molecule has 0 saturated carbocycles. The minimum Gasteiger partial charge on any atom is -0.497 e. The fourth-order valence-corrected chi connectivity index (χ4v) is 3.69. The van der Waals surface area contributed by atoms with Crippen molar-refractivity contribution in [2.24, 2.45) is 0 Å². The summed E-state index contributed by atoms with van der Waals surface area (Å²) in [4.78, 5) is 18.4. The third-order valence-corrected chi connectivity index (χ3v) is 5.52. The Balaban J connectivity index is 1.43. The van der Waals surface area contributed by atoms with E-state index in [4.69, 9.17) is 24.2 Å². The lowest BCUT2D eigenvalue weighted by Crippen LogP contribution is -2.27. The predicted octanol–water partition coefficient (Wildman–Crippen LogP) is 5.55. The number of aromatic nitrogens is 1. The standard InChI is InChI=1S/C28H30N2O6/c1-3-25(27(31)32)35-23-9-6-8-20(18-23)19-30(28-29-24-10-4-5-11-26(24)36-28)16-7-17-34-22-14-12-21(33-2)13-15-22/h4-6,8-15,18,25H,3,7,16-17,19H2,1-2H3,(H,31,32)/t25-/m1/s1/i2D3/hD. The molecule has 0 saturated heterocycles. The van der Waals surface area contributed by atoms with Gasteiger partial charge in [0.25, 0.3) is 7.45 Å².